The Hall–Kier alpha value is -3.93. The minimum Gasteiger partial charge on any atom is -0.368 e. The number of alkyl halides is 3. The molecular weight excluding hydrogens is 535 g/mol. The van der Waals surface area contributed by atoms with Gasteiger partial charge in [-0.05, 0) is 49.0 Å². The highest BCUT2D eigenvalue weighted by atomic mass is 32.2. The molecule has 0 radical (unpaired) electrons. The standard InChI is InChI=1S/C24H24F3N7.CH4O3S/c1-33-11-13-34(14-12-33)21-6-5-19(16-20(21)24(25,26)27)31-23-29-10-8-22(32-23)30-18-4-2-3-17(15-18)7-9-28;1-5(2,3)4/h2-6,8,10,15-16H,7,11-14H2,1H3,(H2,29,30,31,32);1H3,(H,2,3,4). The topological polar surface area (TPSA) is 134 Å². The highest BCUT2D eigenvalue weighted by Gasteiger charge is 2.35. The molecule has 1 fully saturated rings. The number of nitrogens with zero attached hydrogens (tertiary/aromatic N) is 5. The van der Waals surface area contributed by atoms with E-state index in [9.17, 15) is 21.6 Å². The van der Waals surface area contributed by atoms with Crippen molar-refractivity contribution in [2.24, 2.45) is 0 Å². The summed E-state index contributed by atoms with van der Waals surface area (Å²) in [6.45, 7) is 2.51. The largest absolute Gasteiger partial charge is 0.418 e. The molecule has 208 valence electrons. The third-order valence-corrected chi connectivity index (χ3v) is 5.54. The van der Waals surface area contributed by atoms with Crippen LogP contribution in [0.3, 0.4) is 0 Å². The van der Waals surface area contributed by atoms with Gasteiger partial charge in [-0.1, -0.05) is 12.1 Å². The lowest BCUT2D eigenvalue weighted by Gasteiger charge is -2.35. The van der Waals surface area contributed by atoms with Crippen molar-refractivity contribution in [1.82, 2.24) is 14.9 Å². The average Bonchev–Trinajstić information content (AvgIpc) is 2.84. The van der Waals surface area contributed by atoms with Crippen LogP contribution in [0.5, 0.6) is 0 Å². The molecule has 0 amide bonds. The normalized spacial score (nSPS) is 14.1. The molecule has 39 heavy (non-hydrogen) atoms. The number of hydrogen-bond acceptors (Lipinski definition) is 9. The van der Waals surface area contributed by atoms with E-state index in [2.05, 4.69) is 31.6 Å². The Bertz CT molecular complexity index is 1410. The number of piperazine rings is 1. The van der Waals surface area contributed by atoms with E-state index in [0.29, 0.717) is 38.3 Å². The Morgan fingerprint density at radius 2 is 1.72 bits per heavy atom. The lowest BCUT2D eigenvalue weighted by molar-refractivity contribution is -0.137. The second kappa shape index (κ2) is 12.7. The summed E-state index contributed by atoms with van der Waals surface area (Å²) in [7, 11) is -1.71. The number of benzene rings is 2. The SMILES string of the molecule is CN1CCN(c2ccc(Nc3nccc(Nc4cccc(CC#N)c4)n3)cc2C(F)(F)F)CC1.CS(=O)(=O)O. The van der Waals surface area contributed by atoms with Gasteiger partial charge in [0.15, 0.2) is 0 Å². The zero-order valence-corrected chi connectivity index (χ0v) is 22.1. The van der Waals surface area contributed by atoms with Gasteiger partial charge in [0, 0.05) is 49.4 Å². The van der Waals surface area contributed by atoms with Gasteiger partial charge in [-0.3, -0.25) is 4.55 Å². The number of likely N-dealkylation sites (N-methyl/N-ethyl adjacent to an activating group) is 1. The lowest BCUT2D eigenvalue weighted by Crippen LogP contribution is -2.45. The van der Waals surface area contributed by atoms with Crippen LogP contribution in [-0.2, 0) is 22.7 Å². The Kier molecular flexibility index (Phi) is 9.68. The summed E-state index contributed by atoms with van der Waals surface area (Å²) in [5.74, 6) is 0.635. The summed E-state index contributed by atoms with van der Waals surface area (Å²) in [4.78, 5) is 12.4. The van der Waals surface area contributed by atoms with Crippen LogP contribution in [0.15, 0.2) is 54.7 Å². The maximum Gasteiger partial charge on any atom is 0.418 e. The van der Waals surface area contributed by atoms with Crippen LogP contribution in [0, 0.1) is 11.3 Å². The van der Waals surface area contributed by atoms with Gasteiger partial charge in [-0.25, -0.2) is 4.98 Å². The van der Waals surface area contributed by atoms with E-state index in [-0.39, 0.29) is 23.7 Å². The van der Waals surface area contributed by atoms with E-state index < -0.39 is 21.9 Å². The molecule has 0 saturated carbocycles. The summed E-state index contributed by atoms with van der Waals surface area (Å²) in [6.07, 6.45) is -1.97. The number of halogens is 3. The fraction of sp³-hybridized carbons (Fsp3) is 0.320. The van der Waals surface area contributed by atoms with Gasteiger partial charge in [-0.2, -0.15) is 31.8 Å². The van der Waals surface area contributed by atoms with Crippen LogP contribution < -0.4 is 15.5 Å². The minimum absolute atomic E-state index is 0.165. The van der Waals surface area contributed by atoms with Crippen LogP contribution in [0.25, 0.3) is 0 Å². The van der Waals surface area contributed by atoms with Gasteiger partial charge in [0.2, 0.25) is 5.95 Å². The molecule has 0 unspecified atom stereocenters. The van der Waals surface area contributed by atoms with E-state index in [4.69, 9.17) is 9.81 Å². The van der Waals surface area contributed by atoms with E-state index >= 15 is 0 Å². The Balaban J connectivity index is 0.000000771. The Morgan fingerprint density at radius 1 is 1.05 bits per heavy atom. The smallest absolute Gasteiger partial charge is 0.368 e. The first-order valence-electron chi connectivity index (χ1n) is 11.7. The molecule has 2 aromatic carbocycles. The molecule has 0 spiro atoms. The first-order valence-corrected chi connectivity index (χ1v) is 13.6. The predicted octanol–water partition coefficient (Wildman–Crippen LogP) is 4.30. The molecule has 0 bridgehead atoms. The van der Waals surface area contributed by atoms with Crippen LogP contribution >= 0.6 is 0 Å². The molecule has 1 aromatic heterocycles. The molecule has 0 atom stereocenters. The van der Waals surface area contributed by atoms with E-state index in [0.717, 1.165) is 17.3 Å². The first-order chi connectivity index (χ1) is 18.3. The Morgan fingerprint density at radius 3 is 2.36 bits per heavy atom. The van der Waals surface area contributed by atoms with Crippen molar-refractivity contribution in [3.63, 3.8) is 0 Å². The monoisotopic (exact) mass is 563 g/mol. The molecule has 4 rings (SSSR count). The number of aromatic nitrogens is 2. The fourth-order valence-electron chi connectivity index (χ4n) is 3.78. The predicted molar refractivity (Wildman–Crippen MR) is 143 cm³/mol. The zero-order chi connectivity index (χ0) is 28.6. The zero-order valence-electron chi connectivity index (χ0n) is 21.3. The number of rotatable bonds is 6. The van der Waals surface area contributed by atoms with E-state index in [1.54, 1.807) is 17.0 Å². The highest BCUT2D eigenvalue weighted by molar-refractivity contribution is 7.85. The molecule has 1 saturated heterocycles. The molecule has 1 aliphatic rings. The van der Waals surface area contributed by atoms with Crippen LogP contribution in [0.1, 0.15) is 11.1 Å². The van der Waals surface area contributed by atoms with Crippen LogP contribution in [0.4, 0.5) is 42.0 Å². The molecule has 14 heteroatoms. The fourth-order valence-corrected chi connectivity index (χ4v) is 3.78. The van der Waals surface area contributed by atoms with Crippen LogP contribution in [-0.4, -0.2) is 67.3 Å². The van der Waals surface area contributed by atoms with Gasteiger partial charge >= 0.3 is 6.18 Å². The summed E-state index contributed by atoms with van der Waals surface area (Å²) >= 11 is 0. The highest BCUT2D eigenvalue weighted by Crippen LogP contribution is 2.39. The number of nitriles is 1. The maximum absolute atomic E-state index is 13.9. The molecule has 3 N–H and O–H groups in total. The van der Waals surface area contributed by atoms with Gasteiger partial charge in [0.05, 0.1) is 24.3 Å². The van der Waals surface area contributed by atoms with Gasteiger partial charge in [0.1, 0.15) is 5.82 Å². The number of anilines is 5. The molecule has 0 aliphatic carbocycles. The van der Waals surface area contributed by atoms with Crippen molar-refractivity contribution in [3.8, 4) is 6.07 Å². The first kappa shape index (κ1) is 29.6. The third-order valence-electron chi connectivity index (χ3n) is 5.54. The molecular formula is C25H28F3N7O3S. The number of nitrogens with one attached hydrogen (secondary N) is 2. The average molecular weight is 564 g/mol. The second-order valence-corrected chi connectivity index (χ2v) is 10.3. The van der Waals surface area contributed by atoms with Crippen molar-refractivity contribution >= 4 is 38.9 Å². The van der Waals surface area contributed by atoms with Gasteiger partial charge in [-0.15, -0.1) is 0 Å². The molecule has 2 heterocycles. The lowest BCUT2D eigenvalue weighted by atomic mass is 10.1. The summed E-state index contributed by atoms with van der Waals surface area (Å²) in [5.41, 5.74) is 1.34. The van der Waals surface area contributed by atoms with Gasteiger partial charge < -0.3 is 20.4 Å². The summed E-state index contributed by atoms with van der Waals surface area (Å²) in [6, 6.07) is 15.3. The number of hydrogen-bond donors (Lipinski definition) is 3. The molecule has 1 aliphatic heterocycles. The van der Waals surface area contributed by atoms with Crippen LogP contribution in [0.2, 0.25) is 0 Å². The Labute approximate surface area is 224 Å². The van der Waals surface area contributed by atoms with E-state index in [1.807, 2.05) is 31.3 Å². The molecule has 3 aromatic rings. The molecule has 10 nitrogen and oxygen atoms in total. The van der Waals surface area contributed by atoms with Crippen molar-refractivity contribution in [2.45, 2.75) is 12.6 Å². The maximum atomic E-state index is 13.9. The second-order valence-electron chi connectivity index (χ2n) is 8.80. The summed E-state index contributed by atoms with van der Waals surface area (Å²) in [5, 5.41) is 14.9. The van der Waals surface area contributed by atoms with Crippen molar-refractivity contribution in [1.29, 1.82) is 5.26 Å². The van der Waals surface area contributed by atoms with Gasteiger partial charge in [0.25, 0.3) is 10.1 Å². The van der Waals surface area contributed by atoms with Crippen molar-refractivity contribution in [2.75, 3.05) is 55.0 Å². The minimum atomic E-state index is -4.49. The van der Waals surface area contributed by atoms with Crippen molar-refractivity contribution in [3.05, 3.63) is 65.9 Å². The third kappa shape index (κ3) is 9.71. The van der Waals surface area contributed by atoms with E-state index in [1.165, 1.54) is 12.3 Å². The summed E-state index contributed by atoms with van der Waals surface area (Å²) < 4.78 is 67.5. The quantitative estimate of drug-likeness (QED) is 0.373. The van der Waals surface area contributed by atoms with Crippen molar-refractivity contribution < 1.29 is 26.1 Å².